The Bertz CT molecular complexity index is 947. The van der Waals surface area contributed by atoms with Gasteiger partial charge in [-0.1, -0.05) is 28.9 Å². The van der Waals surface area contributed by atoms with E-state index in [9.17, 15) is 4.79 Å². The molecule has 6 nitrogen and oxygen atoms in total. The Hall–Kier alpha value is -3.12. The number of carbonyl (C=O) groups is 1. The molecule has 0 spiro atoms. The molecule has 1 N–H and O–H groups in total. The maximum absolute atomic E-state index is 11.0. The van der Waals surface area contributed by atoms with Crippen molar-refractivity contribution in [1.29, 1.82) is 0 Å². The van der Waals surface area contributed by atoms with Crippen LogP contribution in [0.2, 0.25) is 5.02 Å². The van der Waals surface area contributed by atoms with E-state index in [0.717, 1.165) is 16.8 Å². The summed E-state index contributed by atoms with van der Waals surface area (Å²) in [4.78, 5) is 20.6. The number of oxime groups is 1. The summed E-state index contributed by atoms with van der Waals surface area (Å²) in [5, 5.41) is 7.47. The van der Waals surface area contributed by atoms with Gasteiger partial charge >= 0.3 is 0 Å². The quantitative estimate of drug-likeness (QED) is 0.485. The van der Waals surface area contributed by atoms with Crippen LogP contribution in [-0.2, 0) is 16.2 Å². The van der Waals surface area contributed by atoms with Crippen LogP contribution in [0.4, 0.5) is 5.69 Å². The SMILES string of the molecule is CC(=O)Nc1ccc(/C(C)=N/OCc2ncc(-c3ccc(Cl)cc3)o2)cc1. The Morgan fingerprint density at radius 3 is 2.52 bits per heavy atom. The monoisotopic (exact) mass is 383 g/mol. The second-order valence-electron chi connectivity index (χ2n) is 5.83. The third kappa shape index (κ3) is 5.18. The van der Waals surface area contributed by atoms with Gasteiger partial charge in [0.05, 0.1) is 11.9 Å². The van der Waals surface area contributed by atoms with Crippen molar-refractivity contribution in [2.24, 2.45) is 5.16 Å². The predicted molar refractivity (Wildman–Crippen MR) is 105 cm³/mol. The van der Waals surface area contributed by atoms with Gasteiger partial charge in [-0.3, -0.25) is 4.79 Å². The summed E-state index contributed by atoms with van der Waals surface area (Å²) in [6.07, 6.45) is 1.64. The van der Waals surface area contributed by atoms with E-state index >= 15 is 0 Å². The number of nitrogens with zero attached hydrogens (tertiary/aromatic N) is 2. The summed E-state index contributed by atoms with van der Waals surface area (Å²) in [7, 11) is 0. The fourth-order valence-corrected chi connectivity index (χ4v) is 2.49. The van der Waals surface area contributed by atoms with Gasteiger partial charge in [-0.25, -0.2) is 4.98 Å². The minimum atomic E-state index is -0.111. The number of nitrogens with one attached hydrogen (secondary N) is 1. The number of hydrogen-bond donors (Lipinski definition) is 1. The molecule has 0 aliphatic rings. The minimum Gasteiger partial charge on any atom is -0.437 e. The van der Waals surface area contributed by atoms with E-state index in [1.165, 1.54) is 6.92 Å². The zero-order valence-corrected chi connectivity index (χ0v) is 15.7. The van der Waals surface area contributed by atoms with Crippen LogP contribution in [-0.4, -0.2) is 16.6 Å². The van der Waals surface area contributed by atoms with Crippen LogP contribution in [0.15, 0.2) is 64.3 Å². The van der Waals surface area contributed by atoms with E-state index in [-0.39, 0.29) is 12.5 Å². The van der Waals surface area contributed by atoms with Crippen molar-refractivity contribution in [3.8, 4) is 11.3 Å². The van der Waals surface area contributed by atoms with E-state index in [2.05, 4.69) is 15.5 Å². The number of oxazole rings is 1. The molecule has 7 heteroatoms. The molecule has 0 saturated carbocycles. The van der Waals surface area contributed by atoms with Gasteiger partial charge in [0, 0.05) is 23.2 Å². The highest BCUT2D eigenvalue weighted by Crippen LogP contribution is 2.22. The second kappa shape index (κ2) is 8.51. The van der Waals surface area contributed by atoms with Gasteiger partial charge in [0.25, 0.3) is 0 Å². The summed E-state index contributed by atoms with van der Waals surface area (Å²) < 4.78 is 5.66. The van der Waals surface area contributed by atoms with Gasteiger partial charge in [0.1, 0.15) is 0 Å². The lowest BCUT2D eigenvalue weighted by Crippen LogP contribution is -2.06. The van der Waals surface area contributed by atoms with Crippen LogP contribution in [0.1, 0.15) is 25.3 Å². The molecular weight excluding hydrogens is 366 g/mol. The van der Waals surface area contributed by atoms with Gasteiger partial charge in [0.2, 0.25) is 11.8 Å². The van der Waals surface area contributed by atoms with Crippen LogP contribution in [0, 0.1) is 0 Å². The number of hydrogen-bond acceptors (Lipinski definition) is 5. The number of carbonyl (C=O) groups excluding carboxylic acids is 1. The van der Waals surface area contributed by atoms with Crippen LogP contribution < -0.4 is 5.32 Å². The Kier molecular flexibility index (Phi) is 5.88. The highest BCUT2D eigenvalue weighted by molar-refractivity contribution is 6.30. The molecule has 3 aromatic rings. The molecule has 0 atom stereocenters. The van der Waals surface area contributed by atoms with Crippen molar-refractivity contribution in [2.45, 2.75) is 20.5 Å². The van der Waals surface area contributed by atoms with Crippen LogP contribution in [0.5, 0.6) is 0 Å². The predicted octanol–water partition coefficient (Wildman–Crippen LogP) is 4.89. The highest BCUT2D eigenvalue weighted by atomic mass is 35.5. The van der Waals surface area contributed by atoms with E-state index in [1.54, 1.807) is 18.3 Å². The summed E-state index contributed by atoms with van der Waals surface area (Å²) >= 11 is 5.88. The minimum absolute atomic E-state index is 0.111. The number of benzene rings is 2. The lowest BCUT2D eigenvalue weighted by atomic mass is 10.1. The Morgan fingerprint density at radius 1 is 1.15 bits per heavy atom. The van der Waals surface area contributed by atoms with Gasteiger partial charge in [-0.2, -0.15) is 0 Å². The molecule has 2 aromatic carbocycles. The molecule has 0 saturated heterocycles. The number of rotatable bonds is 6. The van der Waals surface area contributed by atoms with E-state index in [1.807, 2.05) is 43.3 Å². The maximum Gasteiger partial charge on any atom is 0.235 e. The largest absolute Gasteiger partial charge is 0.437 e. The summed E-state index contributed by atoms with van der Waals surface area (Å²) in [5.41, 5.74) is 3.21. The number of anilines is 1. The fourth-order valence-electron chi connectivity index (χ4n) is 2.36. The average molecular weight is 384 g/mol. The second-order valence-corrected chi connectivity index (χ2v) is 6.27. The third-order valence-corrected chi connectivity index (χ3v) is 3.95. The highest BCUT2D eigenvalue weighted by Gasteiger charge is 2.07. The fraction of sp³-hybridized carbons (Fsp3) is 0.150. The zero-order chi connectivity index (χ0) is 19.2. The van der Waals surface area contributed by atoms with Crippen molar-refractivity contribution in [2.75, 3.05) is 5.32 Å². The van der Waals surface area contributed by atoms with Gasteiger partial charge in [0.15, 0.2) is 12.4 Å². The van der Waals surface area contributed by atoms with Crippen molar-refractivity contribution in [3.05, 3.63) is 71.2 Å². The first-order valence-corrected chi connectivity index (χ1v) is 8.64. The standard InChI is InChI=1S/C20H18ClN3O3/c1-13(15-5-9-18(10-6-15)23-14(2)25)24-26-12-20-22-11-19(27-20)16-3-7-17(21)8-4-16/h3-11H,12H2,1-2H3,(H,23,25)/b24-13+. The molecular formula is C20H18ClN3O3. The number of amides is 1. The first-order valence-electron chi connectivity index (χ1n) is 8.26. The smallest absolute Gasteiger partial charge is 0.235 e. The molecule has 0 radical (unpaired) electrons. The van der Waals surface area contributed by atoms with Crippen LogP contribution in [0.25, 0.3) is 11.3 Å². The molecule has 0 aliphatic heterocycles. The third-order valence-electron chi connectivity index (χ3n) is 3.69. The molecule has 1 amide bonds. The van der Waals surface area contributed by atoms with Crippen molar-refractivity contribution < 1.29 is 14.0 Å². The topological polar surface area (TPSA) is 76.7 Å². The molecule has 3 rings (SSSR count). The first kappa shape index (κ1) is 18.7. The van der Waals surface area contributed by atoms with Crippen molar-refractivity contribution >= 4 is 28.9 Å². The average Bonchev–Trinajstić information content (AvgIpc) is 3.11. The maximum atomic E-state index is 11.0. The first-order chi connectivity index (χ1) is 13.0. The van der Waals surface area contributed by atoms with Crippen molar-refractivity contribution in [1.82, 2.24) is 4.98 Å². The van der Waals surface area contributed by atoms with E-state index in [4.69, 9.17) is 20.9 Å². The van der Waals surface area contributed by atoms with E-state index < -0.39 is 0 Å². The van der Waals surface area contributed by atoms with Crippen molar-refractivity contribution in [3.63, 3.8) is 0 Å². The lowest BCUT2D eigenvalue weighted by molar-refractivity contribution is -0.114. The Labute approximate surface area is 161 Å². The molecule has 0 bridgehead atoms. The molecule has 1 heterocycles. The van der Waals surface area contributed by atoms with Crippen LogP contribution in [0.3, 0.4) is 0 Å². The normalized spacial score (nSPS) is 11.3. The van der Waals surface area contributed by atoms with Gasteiger partial charge in [-0.05, 0) is 48.9 Å². The molecule has 0 aliphatic carbocycles. The lowest BCUT2D eigenvalue weighted by Gasteiger charge is -2.04. The molecule has 27 heavy (non-hydrogen) atoms. The molecule has 0 unspecified atom stereocenters. The summed E-state index contributed by atoms with van der Waals surface area (Å²) in [6.45, 7) is 3.42. The van der Waals surface area contributed by atoms with Gasteiger partial charge < -0.3 is 14.6 Å². The Morgan fingerprint density at radius 2 is 1.85 bits per heavy atom. The molecule has 1 aromatic heterocycles. The molecule has 138 valence electrons. The number of halogens is 1. The summed E-state index contributed by atoms with van der Waals surface area (Å²) in [6, 6.07) is 14.6. The Balaban J connectivity index is 1.58. The van der Waals surface area contributed by atoms with Gasteiger partial charge in [-0.15, -0.1) is 0 Å². The zero-order valence-electron chi connectivity index (χ0n) is 14.9. The van der Waals surface area contributed by atoms with E-state index in [0.29, 0.717) is 22.4 Å². The number of aromatic nitrogens is 1. The molecule has 0 fully saturated rings. The van der Waals surface area contributed by atoms with Crippen LogP contribution >= 0.6 is 11.6 Å². The summed E-state index contributed by atoms with van der Waals surface area (Å²) in [5.74, 6) is 0.956.